The van der Waals surface area contributed by atoms with Gasteiger partial charge in [-0.2, -0.15) is 4.37 Å². The number of aromatic nitrogens is 1. The maximum absolute atomic E-state index is 4.94. The summed E-state index contributed by atoms with van der Waals surface area (Å²) in [7, 11) is 0. The first kappa shape index (κ1) is 24.6. The predicted molar refractivity (Wildman–Crippen MR) is 173 cm³/mol. The highest BCUT2D eigenvalue weighted by Crippen LogP contribution is 2.42. The zero-order valence-electron chi connectivity index (χ0n) is 22.9. The molecule has 1 heterocycles. The third-order valence-electron chi connectivity index (χ3n) is 7.64. The van der Waals surface area contributed by atoms with Crippen molar-refractivity contribution in [2.45, 2.75) is 26.2 Å². The molecule has 0 bridgehead atoms. The Kier molecular flexibility index (Phi) is 5.91. The van der Waals surface area contributed by atoms with Crippen LogP contribution in [0.15, 0.2) is 127 Å². The summed E-state index contributed by atoms with van der Waals surface area (Å²) in [6.07, 6.45) is 0. The van der Waals surface area contributed by atoms with Crippen molar-refractivity contribution in [1.82, 2.24) is 4.37 Å². The molecule has 0 aliphatic carbocycles. The van der Waals surface area contributed by atoms with Gasteiger partial charge in [-0.1, -0.05) is 106 Å². The Morgan fingerprint density at radius 1 is 0.550 bits per heavy atom. The number of nitrogens with zero attached hydrogens (tertiary/aromatic N) is 2. The Morgan fingerprint density at radius 2 is 1.12 bits per heavy atom. The molecule has 6 aromatic carbocycles. The van der Waals surface area contributed by atoms with Crippen LogP contribution in [0.5, 0.6) is 0 Å². The maximum Gasteiger partial charge on any atom is 0.0680 e. The van der Waals surface area contributed by atoms with Crippen molar-refractivity contribution in [3.05, 3.63) is 133 Å². The van der Waals surface area contributed by atoms with Gasteiger partial charge >= 0.3 is 0 Å². The smallest absolute Gasteiger partial charge is 0.0680 e. The van der Waals surface area contributed by atoms with Gasteiger partial charge < -0.3 is 4.90 Å². The second kappa shape index (κ2) is 9.62. The Morgan fingerprint density at radius 3 is 1.85 bits per heavy atom. The van der Waals surface area contributed by atoms with Crippen molar-refractivity contribution in [1.29, 1.82) is 0 Å². The Balaban J connectivity index is 1.45. The first-order valence-corrected chi connectivity index (χ1v) is 14.5. The number of anilines is 3. The average molecular weight is 535 g/mol. The monoisotopic (exact) mass is 534 g/mol. The van der Waals surface area contributed by atoms with Crippen molar-refractivity contribution in [3.63, 3.8) is 0 Å². The number of para-hydroxylation sites is 1. The molecule has 194 valence electrons. The third kappa shape index (κ3) is 4.24. The number of benzene rings is 6. The van der Waals surface area contributed by atoms with Crippen molar-refractivity contribution in [3.8, 4) is 11.1 Å². The zero-order valence-corrected chi connectivity index (χ0v) is 23.7. The molecular weight excluding hydrogens is 504 g/mol. The molecule has 0 amide bonds. The molecule has 2 nitrogen and oxygen atoms in total. The molecule has 0 radical (unpaired) electrons. The molecule has 0 fully saturated rings. The third-order valence-corrected chi connectivity index (χ3v) is 8.45. The lowest BCUT2D eigenvalue weighted by atomic mass is 9.87. The lowest BCUT2D eigenvalue weighted by Crippen LogP contribution is -2.11. The molecule has 0 atom stereocenters. The number of hydrogen-bond acceptors (Lipinski definition) is 3. The minimum atomic E-state index is -0.0388. The van der Waals surface area contributed by atoms with Crippen LogP contribution in [0.1, 0.15) is 26.5 Å². The molecule has 0 aliphatic rings. The lowest BCUT2D eigenvalue weighted by molar-refractivity contribution is 0.582. The van der Waals surface area contributed by atoms with Crippen LogP contribution in [0.25, 0.3) is 42.8 Å². The highest BCUT2D eigenvalue weighted by atomic mass is 32.1. The van der Waals surface area contributed by atoms with Gasteiger partial charge in [0.25, 0.3) is 0 Å². The normalized spacial score (nSPS) is 11.9. The van der Waals surface area contributed by atoms with Gasteiger partial charge in [0.2, 0.25) is 0 Å². The SMILES string of the molecule is CC(C)(C)c1nsc2ccc3ccc4ccc(N(c5ccccc5)c5ccc(-c6ccccc6)cc5)cc4c3c12. The fraction of sp³-hybridized carbons (Fsp3) is 0.108. The summed E-state index contributed by atoms with van der Waals surface area (Å²) in [6.45, 7) is 6.77. The summed E-state index contributed by atoms with van der Waals surface area (Å²) < 4.78 is 6.18. The van der Waals surface area contributed by atoms with E-state index < -0.39 is 0 Å². The van der Waals surface area contributed by atoms with E-state index in [-0.39, 0.29) is 5.41 Å². The Hall–Kier alpha value is -4.47. The highest BCUT2D eigenvalue weighted by Gasteiger charge is 2.23. The maximum atomic E-state index is 4.94. The summed E-state index contributed by atoms with van der Waals surface area (Å²) >= 11 is 1.61. The number of rotatable bonds is 4. The zero-order chi connectivity index (χ0) is 27.3. The van der Waals surface area contributed by atoms with Crippen molar-refractivity contribution < 1.29 is 0 Å². The van der Waals surface area contributed by atoms with E-state index in [0.29, 0.717) is 0 Å². The lowest BCUT2D eigenvalue weighted by Gasteiger charge is -2.26. The van der Waals surface area contributed by atoms with E-state index in [2.05, 4.69) is 153 Å². The molecule has 0 unspecified atom stereocenters. The molecule has 3 heteroatoms. The summed E-state index contributed by atoms with van der Waals surface area (Å²) in [5, 5.41) is 6.33. The largest absolute Gasteiger partial charge is 0.310 e. The van der Waals surface area contributed by atoms with Crippen LogP contribution < -0.4 is 4.90 Å². The molecule has 0 N–H and O–H groups in total. The van der Waals surface area contributed by atoms with E-state index in [0.717, 1.165) is 17.1 Å². The molecule has 7 rings (SSSR count). The second-order valence-electron chi connectivity index (χ2n) is 11.4. The van der Waals surface area contributed by atoms with Crippen LogP contribution >= 0.6 is 11.5 Å². The van der Waals surface area contributed by atoms with E-state index in [1.54, 1.807) is 11.5 Å². The van der Waals surface area contributed by atoms with Crippen LogP contribution in [-0.2, 0) is 5.41 Å². The standard InChI is InChI=1S/C37H30N2S/c1-37(2,3)36-35-33(40-38-36)23-19-28-15-14-27-18-22-31(24-32(27)34(28)35)39(29-12-8-5-9-13-29)30-20-16-26(17-21-30)25-10-6-4-7-11-25/h4-24H,1-3H3. The molecular formula is C37H30N2S. The van der Waals surface area contributed by atoms with Crippen LogP contribution in [0.2, 0.25) is 0 Å². The van der Waals surface area contributed by atoms with Gasteiger partial charge in [0.15, 0.2) is 0 Å². The van der Waals surface area contributed by atoms with Gasteiger partial charge in [-0.15, -0.1) is 0 Å². The Bertz CT molecular complexity index is 1970. The highest BCUT2D eigenvalue weighted by molar-refractivity contribution is 7.13. The second-order valence-corrected chi connectivity index (χ2v) is 12.2. The average Bonchev–Trinajstić information content (AvgIpc) is 3.44. The minimum Gasteiger partial charge on any atom is -0.310 e. The van der Waals surface area contributed by atoms with Gasteiger partial charge in [-0.3, -0.25) is 0 Å². The van der Waals surface area contributed by atoms with E-state index in [4.69, 9.17) is 4.37 Å². The van der Waals surface area contributed by atoms with E-state index in [1.807, 2.05) is 0 Å². The first-order valence-electron chi connectivity index (χ1n) is 13.7. The van der Waals surface area contributed by atoms with Crippen molar-refractivity contribution in [2.75, 3.05) is 4.90 Å². The molecule has 0 saturated carbocycles. The van der Waals surface area contributed by atoms with Gasteiger partial charge in [0.1, 0.15) is 0 Å². The van der Waals surface area contributed by atoms with Gasteiger partial charge in [-0.25, -0.2) is 0 Å². The summed E-state index contributed by atoms with van der Waals surface area (Å²) in [6, 6.07) is 45.9. The topological polar surface area (TPSA) is 16.1 Å². The van der Waals surface area contributed by atoms with Crippen LogP contribution in [0, 0.1) is 0 Å². The quantitative estimate of drug-likeness (QED) is 0.209. The predicted octanol–water partition coefficient (Wildman–Crippen LogP) is 11.0. The molecule has 7 aromatic rings. The summed E-state index contributed by atoms with van der Waals surface area (Å²) in [5.74, 6) is 0. The number of fused-ring (bicyclic) bond motifs is 5. The van der Waals surface area contributed by atoms with Gasteiger partial charge in [0, 0.05) is 33.2 Å². The van der Waals surface area contributed by atoms with Crippen molar-refractivity contribution in [2.24, 2.45) is 0 Å². The van der Waals surface area contributed by atoms with E-state index in [9.17, 15) is 0 Å². The van der Waals surface area contributed by atoms with Gasteiger partial charge in [-0.05, 0) is 81.3 Å². The Labute approximate surface area is 239 Å². The first-order chi connectivity index (χ1) is 19.5. The van der Waals surface area contributed by atoms with Crippen LogP contribution in [-0.4, -0.2) is 4.37 Å². The summed E-state index contributed by atoms with van der Waals surface area (Å²) in [5.41, 5.74) is 6.96. The van der Waals surface area contributed by atoms with Crippen LogP contribution in [0.3, 0.4) is 0 Å². The van der Waals surface area contributed by atoms with E-state index in [1.165, 1.54) is 48.5 Å². The van der Waals surface area contributed by atoms with Gasteiger partial charge in [0.05, 0.1) is 10.4 Å². The molecule has 40 heavy (non-hydrogen) atoms. The number of hydrogen-bond donors (Lipinski definition) is 0. The summed E-state index contributed by atoms with van der Waals surface area (Å²) in [4.78, 5) is 2.35. The van der Waals surface area contributed by atoms with E-state index >= 15 is 0 Å². The molecule has 0 aliphatic heterocycles. The molecule has 0 spiro atoms. The minimum absolute atomic E-state index is 0.0388. The fourth-order valence-electron chi connectivity index (χ4n) is 5.67. The molecule has 0 saturated heterocycles. The van der Waals surface area contributed by atoms with Crippen molar-refractivity contribution >= 4 is 60.2 Å². The fourth-order valence-corrected chi connectivity index (χ4v) is 6.65. The van der Waals surface area contributed by atoms with Crippen LogP contribution in [0.4, 0.5) is 17.1 Å². The molecule has 1 aromatic heterocycles.